The Morgan fingerprint density at radius 3 is 2.62 bits per heavy atom. The number of nitrogen functional groups attached to an aromatic ring is 1. The molecule has 112 valence electrons. The maximum absolute atomic E-state index is 11.7. The third kappa shape index (κ3) is 2.66. The molecule has 1 aromatic heterocycles. The Kier molecular flexibility index (Phi) is 3.46. The molecular formula is C14H18N4O2S. The molecule has 1 aromatic carbocycles. The van der Waals surface area contributed by atoms with Gasteiger partial charge in [0.2, 0.25) is 10.0 Å². The van der Waals surface area contributed by atoms with Crippen LogP contribution in [0.4, 0.5) is 5.69 Å². The van der Waals surface area contributed by atoms with Crippen molar-refractivity contribution < 1.29 is 8.42 Å². The minimum atomic E-state index is -3.83. The average Bonchev–Trinajstić information content (AvgIpc) is 3.08. The molecule has 3 rings (SSSR count). The molecule has 4 N–H and O–H groups in total. The van der Waals surface area contributed by atoms with Crippen molar-refractivity contribution in [2.45, 2.75) is 36.6 Å². The molecule has 21 heavy (non-hydrogen) atoms. The topological polar surface area (TPSA) is 104 Å². The van der Waals surface area contributed by atoms with Gasteiger partial charge in [0, 0.05) is 23.0 Å². The van der Waals surface area contributed by atoms with Crippen LogP contribution in [0.1, 0.15) is 31.7 Å². The number of hydrogen-bond acceptors (Lipinski definition) is 4. The Morgan fingerprint density at radius 1 is 1.24 bits per heavy atom. The highest BCUT2D eigenvalue weighted by Gasteiger charge is 2.21. The molecule has 1 fully saturated rings. The van der Waals surface area contributed by atoms with Crippen LogP contribution in [-0.4, -0.2) is 18.2 Å². The molecular weight excluding hydrogens is 288 g/mol. The molecule has 1 aliphatic rings. The Morgan fingerprint density at radius 2 is 1.95 bits per heavy atom. The van der Waals surface area contributed by atoms with Gasteiger partial charge in [-0.3, -0.25) is 4.68 Å². The van der Waals surface area contributed by atoms with Gasteiger partial charge >= 0.3 is 0 Å². The third-order valence-electron chi connectivity index (χ3n) is 3.95. The van der Waals surface area contributed by atoms with Gasteiger partial charge in [-0.1, -0.05) is 18.9 Å². The van der Waals surface area contributed by atoms with Crippen LogP contribution < -0.4 is 10.9 Å². The minimum Gasteiger partial charge on any atom is -0.398 e. The number of sulfonamides is 1. The van der Waals surface area contributed by atoms with Gasteiger partial charge in [0.05, 0.1) is 17.1 Å². The summed E-state index contributed by atoms with van der Waals surface area (Å²) in [7, 11) is -3.83. The van der Waals surface area contributed by atoms with E-state index in [9.17, 15) is 8.42 Å². The quantitative estimate of drug-likeness (QED) is 0.845. The van der Waals surface area contributed by atoms with Crippen LogP contribution in [0.15, 0.2) is 35.5 Å². The minimum absolute atomic E-state index is 0.0356. The van der Waals surface area contributed by atoms with Crippen LogP contribution in [0.5, 0.6) is 0 Å². The van der Waals surface area contributed by atoms with Crippen molar-refractivity contribution >= 4 is 15.7 Å². The van der Waals surface area contributed by atoms with Crippen LogP contribution >= 0.6 is 0 Å². The number of nitrogens with zero attached hydrogens (tertiary/aromatic N) is 2. The number of hydrogen-bond donors (Lipinski definition) is 2. The SMILES string of the molecule is Nc1cccc(S(N)(=O)=O)c1-c1cnn(C2CCCC2)c1. The molecule has 1 aliphatic carbocycles. The molecule has 0 aliphatic heterocycles. The molecule has 1 saturated carbocycles. The number of rotatable bonds is 3. The third-order valence-corrected chi connectivity index (χ3v) is 4.91. The lowest BCUT2D eigenvalue weighted by molar-refractivity contribution is 0.467. The molecule has 1 heterocycles. The molecule has 0 atom stereocenters. The first kappa shape index (κ1) is 14.1. The van der Waals surface area contributed by atoms with Gasteiger partial charge in [0.1, 0.15) is 0 Å². The summed E-state index contributed by atoms with van der Waals surface area (Å²) >= 11 is 0. The standard InChI is InChI=1S/C14H18N4O2S/c15-12-6-3-7-13(21(16,19)20)14(12)10-8-17-18(9-10)11-4-1-2-5-11/h3,6-9,11H,1-2,4-5,15H2,(H2,16,19,20). The summed E-state index contributed by atoms with van der Waals surface area (Å²) in [6.07, 6.45) is 8.13. The van der Waals surface area contributed by atoms with Gasteiger partial charge in [-0.25, -0.2) is 13.6 Å². The fourth-order valence-corrected chi connectivity index (χ4v) is 3.72. The van der Waals surface area contributed by atoms with Crippen molar-refractivity contribution in [1.82, 2.24) is 9.78 Å². The summed E-state index contributed by atoms with van der Waals surface area (Å²) in [4.78, 5) is 0.0356. The van der Waals surface area contributed by atoms with Crippen LogP contribution in [0.2, 0.25) is 0 Å². The van der Waals surface area contributed by atoms with Gasteiger partial charge in [-0.05, 0) is 25.0 Å². The van der Waals surface area contributed by atoms with E-state index in [2.05, 4.69) is 5.10 Å². The van der Waals surface area contributed by atoms with Gasteiger partial charge in [0.15, 0.2) is 0 Å². The fourth-order valence-electron chi connectivity index (χ4n) is 2.93. The first-order valence-corrected chi connectivity index (χ1v) is 8.47. The number of aromatic nitrogens is 2. The van der Waals surface area contributed by atoms with Gasteiger partial charge in [-0.15, -0.1) is 0 Å². The average molecular weight is 306 g/mol. The molecule has 0 bridgehead atoms. The Bertz CT molecular complexity index is 761. The lowest BCUT2D eigenvalue weighted by atomic mass is 10.1. The second-order valence-corrected chi connectivity index (χ2v) is 6.94. The van der Waals surface area contributed by atoms with Crippen molar-refractivity contribution in [3.63, 3.8) is 0 Å². The lowest BCUT2D eigenvalue weighted by Crippen LogP contribution is -2.14. The summed E-state index contributed by atoms with van der Waals surface area (Å²) in [5.41, 5.74) is 7.46. The highest BCUT2D eigenvalue weighted by Crippen LogP contribution is 2.34. The second-order valence-electron chi connectivity index (χ2n) is 5.41. The van der Waals surface area contributed by atoms with Crippen molar-refractivity contribution in [3.05, 3.63) is 30.6 Å². The summed E-state index contributed by atoms with van der Waals surface area (Å²) < 4.78 is 25.4. The zero-order valence-corrected chi connectivity index (χ0v) is 12.4. The number of benzene rings is 1. The van der Waals surface area contributed by atoms with E-state index < -0.39 is 10.0 Å². The first-order valence-electron chi connectivity index (χ1n) is 6.92. The van der Waals surface area contributed by atoms with E-state index in [4.69, 9.17) is 10.9 Å². The lowest BCUT2D eigenvalue weighted by Gasteiger charge is -2.10. The van der Waals surface area contributed by atoms with Crippen molar-refractivity contribution in [1.29, 1.82) is 0 Å². The molecule has 0 radical (unpaired) electrons. The molecule has 0 unspecified atom stereocenters. The summed E-state index contributed by atoms with van der Waals surface area (Å²) in [5.74, 6) is 0. The van der Waals surface area contributed by atoms with Gasteiger partial charge < -0.3 is 5.73 Å². The number of anilines is 1. The van der Waals surface area contributed by atoms with E-state index in [1.54, 1.807) is 18.3 Å². The van der Waals surface area contributed by atoms with E-state index in [0.717, 1.165) is 12.8 Å². The largest absolute Gasteiger partial charge is 0.398 e. The van der Waals surface area contributed by atoms with Crippen LogP contribution in [0.25, 0.3) is 11.1 Å². The second kappa shape index (κ2) is 5.16. The van der Waals surface area contributed by atoms with E-state index in [0.29, 0.717) is 22.9 Å². The number of primary sulfonamides is 1. The predicted octanol–water partition coefficient (Wildman–Crippen LogP) is 1.89. The first-order chi connectivity index (χ1) is 9.97. The maximum atomic E-state index is 11.7. The van der Waals surface area contributed by atoms with E-state index in [-0.39, 0.29) is 4.90 Å². The van der Waals surface area contributed by atoms with E-state index in [1.807, 2.05) is 10.9 Å². The van der Waals surface area contributed by atoms with Gasteiger partial charge in [0.25, 0.3) is 0 Å². The molecule has 7 heteroatoms. The Balaban J connectivity index is 2.08. The molecule has 2 aromatic rings. The monoisotopic (exact) mass is 306 g/mol. The highest BCUT2D eigenvalue weighted by atomic mass is 32.2. The summed E-state index contributed by atoms with van der Waals surface area (Å²) in [5, 5.41) is 9.65. The van der Waals surface area contributed by atoms with E-state index in [1.165, 1.54) is 18.9 Å². The van der Waals surface area contributed by atoms with Crippen LogP contribution in [0.3, 0.4) is 0 Å². The normalized spacial score (nSPS) is 16.4. The van der Waals surface area contributed by atoms with Crippen LogP contribution in [-0.2, 0) is 10.0 Å². The van der Waals surface area contributed by atoms with Crippen molar-refractivity contribution in [2.75, 3.05) is 5.73 Å². The smallest absolute Gasteiger partial charge is 0.238 e. The van der Waals surface area contributed by atoms with Gasteiger partial charge in [-0.2, -0.15) is 5.10 Å². The predicted molar refractivity (Wildman–Crippen MR) is 81.0 cm³/mol. The van der Waals surface area contributed by atoms with Crippen molar-refractivity contribution in [2.24, 2.45) is 5.14 Å². The Labute approximate surface area is 123 Å². The zero-order valence-electron chi connectivity index (χ0n) is 11.6. The Hall–Kier alpha value is -1.86. The molecule has 6 nitrogen and oxygen atoms in total. The highest BCUT2D eigenvalue weighted by molar-refractivity contribution is 7.89. The number of nitrogens with two attached hydrogens (primary N) is 2. The maximum Gasteiger partial charge on any atom is 0.238 e. The van der Waals surface area contributed by atoms with E-state index >= 15 is 0 Å². The summed E-state index contributed by atoms with van der Waals surface area (Å²) in [6.45, 7) is 0. The zero-order chi connectivity index (χ0) is 15.0. The molecule has 0 saturated heterocycles. The molecule has 0 spiro atoms. The fraction of sp³-hybridized carbons (Fsp3) is 0.357. The van der Waals surface area contributed by atoms with Crippen molar-refractivity contribution in [3.8, 4) is 11.1 Å². The van der Waals surface area contributed by atoms with Crippen LogP contribution in [0, 0.1) is 0 Å². The molecule has 0 amide bonds. The summed E-state index contributed by atoms with van der Waals surface area (Å²) in [6, 6.07) is 5.10.